The Kier molecular flexibility index (Phi) is 9.24. The van der Waals surface area contributed by atoms with Gasteiger partial charge in [-0.15, -0.1) is 0 Å². The monoisotopic (exact) mass is 172 g/mol. The molecule has 0 N–H and O–H groups in total. The predicted molar refractivity (Wildman–Crippen MR) is 59.5 cm³/mol. The third-order valence-electron chi connectivity index (χ3n) is 1.74. The number of hydrogen-bond acceptors (Lipinski definition) is 0. The maximum Gasteiger partial charge on any atom is -0.0380 e. The van der Waals surface area contributed by atoms with Gasteiger partial charge in [-0.1, -0.05) is 61.3 Å². The Hall–Kier alpha value is 0. The molecule has 0 aromatic carbocycles. The fraction of sp³-hybridized carbons (Fsp3) is 1.00. The molecular weight excluding hydrogens is 144 g/mol. The Morgan fingerprint density at radius 2 is 1.50 bits per heavy atom. The summed E-state index contributed by atoms with van der Waals surface area (Å²) in [6.45, 7) is 15.6. The lowest BCUT2D eigenvalue weighted by Gasteiger charge is -2.22. The average Bonchev–Trinajstić information content (AvgIpc) is 1.88. The van der Waals surface area contributed by atoms with Gasteiger partial charge >= 0.3 is 0 Å². The predicted octanol–water partition coefficient (Wildman–Crippen LogP) is 4.89. The minimum atomic E-state index is 0.522. The van der Waals surface area contributed by atoms with E-state index in [1.165, 1.54) is 19.3 Å². The summed E-state index contributed by atoms with van der Waals surface area (Å²) >= 11 is 0. The van der Waals surface area contributed by atoms with Crippen LogP contribution in [-0.4, -0.2) is 0 Å². The first kappa shape index (κ1) is 14.5. The molecule has 0 radical (unpaired) electrons. The molecule has 12 heavy (non-hydrogen) atoms. The van der Waals surface area contributed by atoms with Crippen LogP contribution in [0.15, 0.2) is 0 Å². The Bertz CT molecular complexity index is 76.5. The first-order chi connectivity index (χ1) is 5.45. The fourth-order valence-electron chi connectivity index (χ4n) is 1.64. The van der Waals surface area contributed by atoms with Gasteiger partial charge in [0.05, 0.1) is 0 Å². The van der Waals surface area contributed by atoms with Crippen molar-refractivity contribution in [2.24, 2.45) is 11.3 Å². The zero-order valence-electron chi connectivity index (χ0n) is 10.2. The van der Waals surface area contributed by atoms with Crippen molar-refractivity contribution in [1.82, 2.24) is 0 Å². The van der Waals surface area contributed by atoms with Crippen LogP contribution in [0, 0.1) is 11.3 Å². The van der Waals surface area contributed by atoms with Gasteiger partial charge in [-0.3, -0.25) is 0 Å². The summed E-state index contributed by atoms with van der Waals surface area (Å²) in [4.78, 5) is 0. The molecule has 0 nitrogen and oxygen atoms in total. The molecule has 0 aliphatic heterocycles. The maximum atomic E-state index is 2.36. The quantitative estimate of drug-likeness (QED) is 0.569. The van der Waals surface area contributed by atoms with Gasteiger partial charge in [0.25, 0.3) is 0 Å². The van der Waals surface area contributed by atoms with Crippen molar-refractivity contribution in [3.63, 3.8) is 0 Å². The Balaban J connectivity index is 0. The van der Waals surface area contributed by atoms with Crippen LogP contribution >= 0.6 is 0 Å². The summed E-state index contributed by atoms with van der Waals surface area (Å²) in [7, 11) is 0. The van der Waals surface area contributed by atoms with Crippen molar-refractivity contribution < 1.29 is 0 Å². The van der Waals surface area contributed by atoms with E-state index in [0.717, 1.165) is 5.92 Å². The van der Waals surface area contributed by atoms with Crippen LogP contribution in [0.5, 0.6) is 0 Å². The lowest BCUT2D eigenvalue weighted by molar-refractivity contribution is 0.295. The van der Waals surface area contributed by atoms with E-state index in [4.69, 9.17) is 0 Å². The third-order valence-corrected chi connectivity index (χ3v) is 1.74. The van der Waals surface area contributed by atoms with Gasteiger partial charge in [0.1, 0.15) is 0 Å². The molecule has 0 saturated carbocycles. The van der Waals surface area contributed by atoms with Gasteiger partial charge in [-0.25, -0.2) is 0 Å². The van der Waals surface area contributed by atoms with E-state index in [1.54, 1.807) is 0 Å². The molecule has 0 aliphatic rings. The molecule has 0 aromatic heterocycles. The summed E-state index contributed by atoms with van der Waals surface area (Å²) in [6, 6.07) is 0. The zero-order chi connectivity index (χ0) is 10.2. The highest BCUT2D eigenvalue weighted by molar-refractivity contribution is 4.65. The van der Waals surface area contributed by atoms with E-state index < -0.39 is 0 Å². The van der Waals surface area contributed by atoms with Crippen molar-refractivity contribution in [3.05, 3.63) is 0 Å². The van der Waals surface area contributed by atoms with Crippen molar-refractivity contribution in [1.29, 1.82) is 0 Å². The molecule has 0 aliphatic carbocycles. The van der Waals surface area contributed by atoms with E-state index in [9.17, 15) is 0 Å². The Morgan fingerprint density at radius 1 is 1.08 bits per heavy atom. The molecule has 1 unspecified atom stereocenters. The minimum Gasteiger partial charge on any atom is -0.0683 e. The molecule has 0 heteroatoms. The van der Waals surface area contributed by atoms with E-state index in [1.807, 2.05) is 13.8 Å². The van der Waals surface area contributed by atoms with Gasteiger partial charge in [0.2, 0.25) is 0 Å². The van der Waals surface area contributed by atoms with Gasteiger partial charge in [0, 0.05) is 0 Å². The van der Waals surface area contributed by atoms with E-state index in [0.29, 0.717) is 5.41 Å². The topological polar surface area (TPSA) is 0 Å². The standard InChI is InChI=1S/C10H22.C2H6/c1-6-7-9(2)8-10(3,4)5;1-2/h9H,6-8H2,1-5H3;1-2H3. The van der Waals surface area contributed by atoms with Gasteiger partial charge < -0.3 is 0 Å². The molecule has 0 saturated heterocycles. The first-order valence-corrected chi connectivity index (χ1v) is 5.45. The molecule has 0 heterocycles. The molecule has 0 aromatic rings. The normalized spacial score (nSPS) is 13.2. The Labute approximate surface area is 79.8 Å². The van der Waals surface area contributed by atoms with E-state index >= 15 is 0 Å². The lowest BCUT2D eigenvalue weighted by Crippen LogP contribution is -2.10. The van der Waals surface area contributed by atoms with Gasteiger partial charge in [-0.05, 0) is 17.8 Å². The second-order valence-electron chi connectivity index (χ2n) is 4.66. The summed E-state index contributed by atoms with van der Waals surface area (Å²) in [5.41, 5.74) is 0.522. The highest BCUT2D eigenvalue weighted by Gasteiger charge is 2.13. The molecule has 1 atom stereocenters. The van der Waals surface area contributed by atoms with Crippen molar-refractivity contribution in [3.8, 4) is 0 Å². The molecule has 0 amide bonds. The summed E-state index contributed by atoms with van der Waals surface area (Å²) < 4.78 is 0. The van der Waals surface area contributed by atoms with Crippen LogP contribution in [0.4, 0.5) is 0 Å². The van der Waals surface area contributed by atoms with Crippen LogP contribution in [0.3, 0.4) is 0 Å². The van der Waals surface area contributed by atoms with Crippen LogP contribution in [0.2, 0.25) is 0 Å². The molecule has 0 spiro atoms. The van der Waals surface area contributed by atoms with Crippen molar-refractivity contribution in [2.75, 3.05) is 0 Å². The van der Waals surface area contributed by atoms with E-state index in [2.05, 4.69) is 34.6 Å². The van der Waals surface area contributed by atoms with Crippen molar-refractivity contribution in [2.45, 2.75) is 67.7 Å². The Morgan fingerprint density at radius 3 is 1.75 bits per heavy atom. The van der Waals surface area contributed by atoms with Crippen LogP contribution in [0.1, 0.15) is 67.7 Å². The number of rotatable bonds is 3. The SMILES string of the molecule is CC.CCCC(C)CC(C)(C)C. The van der Waals surface area contributed by atoms with Crippen LogP contribution < -0.4 is 0 Å². The van der Waals surface area contributed by atoms with Gasteiger partial charge in [0.15, 0.2) is 0 Å². The second-order valence-corrected chi connectivity index (χ2v) is 4.66. The zero-order valence-corrected chi connectivity index (χ0v) is 10.2. The molecule has 0 bridgehead atoms. The fourth-order valence-corrected chi connectivity index (χ4v) is 1.64. The van der Waals surface area contributed by atoms with Crippen LogP contribution in [0.25, 0.3) is 0 Å². The van der Waals surface area contributed by atoms with Gasteiger partial charge in [-0.2, -0.15) is 0 Å². The molecule has 76 valence electrons. The lowest BCUT2D eigenvalue weighted by atomic mass is 9.84. The summed E-state index contributed by atoms with van der Waals surface area (Å²) in [5, 5.41) is 0. The minimum absolute atomic E-state index is 0.522. The second kappa shape index (κ2) is 7.64. The number of hydrogen-bond donors (Lipinski definition) is 0. The van der Waals surface area contributed by atoms with Crippen LogP contribution in [-0.2, 0) is 0 Å². The highest BCUT2D eigenvalue weighted by Crippen LogP contribution is 2.26. The molecular formula is C12H28. The molecule has 0 rings (SSSR count). The first-order valence-electron chi connectivity index (χ1n) is 5.45. The van der Waals surface area contributed by atoms with Crippen molar-refractivity contribution >= 4 is 0 Å². The maximum absolute atomic E-state index is 2.36. The third kappa shape index (κ3) is 12.7. The average molecular weight is 172 g/mol. The highest BCUT2D eigenvalue weighted by atomic mass is 14.2. The largest absolute Gasteiger partial charge is 0.0683 e. The summed E-state index contributed by atoms with van der Waals surface area (Å²) in [5.74, 6) is 0.907. The smallest absolute Gasteiger partial charge is 0.0380 e. The summed E-state index contributed by atoms with van der Waals surface area (Å²) in [6.07, 6.45) is 4.08. The van der Waals surface area contributed by atoms with E-state index in [-0.39, 0.29) is 0 Å². The molecule has 0 fully saturated rings.